The van der Waals surface area contributed by atoms with Crippen LogP contribution in [0.25, 0.3) is 0 Å². The maximum Gasteiger partial charge on any atom is 0.337 e. The number of hydrogen-bond acceptors (Lipinski definition) is 2. The van der Waals surface area contributed by atoms with Gasteiger partial charge in [0.15, 0.2) is 0 Å². The van der Waals surface area contributed by atoms with Crippen LogP contribution in [0.2, 0.25) is 0 Å². The van der Waals surface area contributed by atoms with Gasteiger partial charge in [-0.3, -0.25) is 4.98 Å². The minimum absolute atomic E-state index is 0.385. The molecule has 1 unspecified atom stereocenters. The smallest absolute Gasteiger partial charge is 0.337 e. The van der Waals surface area contributed by atoms with E-state index in [0.29, 0.717) is 17.9 Å². The summed E-state index contributed by atoms with van der Waals surface area (Å²) < 4.78 is 0. The summed E-state index contributed by atoms with van der Waals surface area (Å²) in [7, 11) is 0. The maximum atomic E-state index is 11.1. The van der Waals surface area contributed by atoms with Crippen molar-refractivity contribution in [3.63, 3.8) is 0 Å². The number of hydrogen-bond donors (Lipinski definition) is 1. The molecular formula is C13H17NO2. The third-order valence-corrected chi connectivity index (χ3v) is 3.28. The van der Waals surface area contributed by atoms with E-state index < -0.39 is 5.97 Å². The fourth-order valence-electron chi connectivity index (χ4n) is 2.34. The molecule has 0 amide bonds. The molecule has 0 aromatic carbocycles. The lowest BCUT2D eigenvalue weighted by Crippen LogP contribution is -2.16. The van der Waals surface area contributed by atoms with Crippen LogP contribution in [0.1, 0.15) is 47.6 Å². The molecule has 0 aliphatic heterocycles. The normalized spacial score (nSPS) is 19.2. The Morgan fingerprint density at radius 2 is 2.38 bits per heavy atom. The van der Waals surface area contributed by atoms with E-state index in [-0.39, 0.29) is 0 Å². The van der Waals surface area contributed by atoms with Crippen molar-refractivity contribution in [2.75, 3.05) is 0 Å². The number of aryl methyl sites for hydroxylation is 2. The maximum absolute atomic E-state index is 11.1. The number of fused-ring (bicyclic) bond motifs is 1. The van der Waals surface area contributed by atoms with Crippen LogP contribution in [0.5, 0.6) is 0 Å². The first-order valence-corrected chi connectivity index (χ1v) is 5.86. The molecule has 86 valence electrons. The molecule has 3 heteroatoms. The Balaban J connectivity index is 2.48. The minimum atomic E-state index is -0.856. The van der Waals surface area contributed by atoms with Gasteiger partial charge in [-0.05, 0) is 43.2 Å². The van der Waals surface area contributed by atoms with Crippen molar-refractivity contribution >= 4 is 5.97 Å². The largest absolute Gasteiger partial charge is 0.478 e. The number of carboxylic acids is 1. The van der Waals surface area contributed by atoms with Crippen molar-refractivity contribution < 1.29 is 9.90 Å². The molecule has 0 saturated heterocycles. The molecule has 1 aliphatic rings. The van der Waals surface area contributed by atoms with E-state index in [1.165, 1.54) is 0 Å². The second kappa shape index (κ2) is 4.24. The first-order valence-electron chi connectivity index (χ1n) is 5.86. The highest BCUT2D eigenvalue weighted by Crippen LogP contribution is 2.26. The van der Waals surface area contributed by atoms with Crippen LogP contribution in [0.4, 0.5) is 0 Å². The second-order valence-corrected chi connectivity index (χ2v) is 4.60. The summed E-state index contributed by atoms with van der Waals surface area (Å²) in [6.45, 7) is 4.16. The number of nitrogens with zero attached hydrogens (tertiary/aromatic N) is 1. The third kappa shape index (κ3) is 1.94. The Morgan fingerprint density at radius 3 is 3.00 bits per heavy atom. The van der Waals surface area contributed by atoms with E-state index in [9.17, 15) is 4.79 Å². The van der Waals surface area contributed by atoms with E-state index in [4.69, 9.17) is 5.11 Å². The molecule has 1 aliphatic carbocycles. The van der Waals surface area contributed by atoms with E-state index >= 15 is 0 Å². The van der Waals surface area contributed by atoms with Crippen molar-refractivity contribution in [1.82, 2.24) is 4.98 Å². The number of aromatic carboxylic acids is 1. The van der Waals surface area contributed by atoms with Crippen LogP contribution in [-0.2, 0) is 19.3 Å². The van der Waals surface area contributed by atoms with Crippen LogP contribution in [-0.4, -0.2) is 16.1 Å². The van der Waals surface area contributed by atoms with Crippen LogP contribution in [0, 0.1) is 5.92 Å². The van der Waals surface area contributed by atoms with Gasteiger partial charge in [-0.25, -0.2) is 4.79 Å². The highest BCUT2D eigenvalue weighted by Gasteiger charge is 2.20. The Bertz CT molecular complexity index is 426. The van der Waals surface area contributed by atoms with Gasteiger partial charge in [0, 0.05) is 5.69 Å². The lowest BCUT2D eigenvalue weighted by Gasteiger charge is -2.21. The average Bonchev–Trinajstić information content (AvgIpc) is 2.27. The molecule has 1 atom stereocenters. The van der Waals surface area contributed by atoms with Crippen LogP contribution in [0.15, 0.2) is 6.07 Å². The molecule has 0 spiro atoms. The van der Waals surface area contributed by atoms with Crippen molar-refractivity contribution in [3.05, 3.63) is 28.6 Å². The van der Waals surface area contributed by atoms with Crippen LogP contribution < -0.4 is 0 Å². The third-order valence-electron chi connectivity index (χ3n) is 3.28. The number of aromatic nitrogens is 1. The zero-order valence-corrected chi connectivity index (χ0v) is 9.79. The van der Waals surface area contributed by atoms with Crippen molar-refractivity contribution in [1.29, 1.82) is 0 Å². The summed E-state index contributed by atoms with van der Waals surface area (Å²) >= 11 is 0. The zero-order chi connectivity index (χ0) is 11.7. The predicted octanol–water partition coefficient (Wildman–Crippen LogP) is 2.47. The van der Waals surface area contributed by atoms with Crippen molar-refractivity contribution in [2.24, 2.45) is 5.92 Å². The molecule has 1 heterocycles. The van der Waals surface area contributed by atoms with Gasteiger partial charge >= 0.3 is 5.97 Å². The fourth-order valence-corrected chi connectivity index (χ4v) is 2.34. The lowest BCUT2D eigenvalue weighted by atomic mass is 9.87. The quantitative estimate of drug-likeness (QED) is 0.831. The summed E-state index contributed by atoms with van der Waals surface area (Å²) in [5.41, 5.74) is 3.35. The van der Waals surface area contributed by atoms with E-state index in [0.717, 1.165) is 36.2 Å². The molecule has 1 N–H and O–H groups in total. The summed E-state index contributed by atoms with van der Waals surface area (Å²) in [6.07, 6.45) is 3.80. The monoisotopic (exact) mass is 219 g/mol. The van der Waals surface area contributed by atoms with Gasteiger partial charge < -0.3 is 5.11 Å². The standard InChI is InChI=1S/C13H17NO2/c1-3-11-10(13(15)16)7-9-6-8(2)4-5-12(9)14-11/h7-8H,3-6H2,1-2H3,(H,15,16). The molecule has 3 nitrogen and oxygen atoms in total. The van der Waals surface area contributed by atoms with Crippen LogP contribution >= 0.6 is 0 Å². The first kappa shape index (κ1) is 11.1. The summed E-state index contributed by atoms with van der Waals surface area (Å²) in [6, 6.07) is 1.83. The molecular weight excluding hydrogens is 202 g/mol. The predicted molar refractivity (Wildman–Crippen MR) is 61.8 cm³/mol. The molecule has 0 saturated carbocycles. The molecule has 0 bridgehead atoms. The Morgan fingerprint density at radius 1 is 1.62 bits per heavy atom. The summed E-state index contributed by atoms with van der Waals surface area (Å²) in [5, 5.41) is 9.12. The van der Waals surface area contributed by atoms with Gasteiger partial charge in [0.25, 0.3) is 0 Å². The van der Waals surface area contributed by atoms with E-state index in [2.05, 4.69) is 11.9 Å². The van der Waals surface area contributed by atoms with Gasteiger partial charge in [0.2, 0.25) is 0 Å². The molecule has 0 fully saturated rings. The molecule has 1 aromatic rings. The number of pyridine rings is 1. The Hall–Kier alpha value is -1.38. The first-order chi connectivity index (χ1) is 7.61. The molecule has 0 radical (unpaired) electrons. The van der Waals surface area contributed by atoms with Crippen molar-refractivity contribution in [3.8, 4) is 0 Å². The van der Waals surface area contributed by atoms with Crippen LogP contribution in [0.3, 0.4) is 0 Å². The SMILES string of the molecule is CCc1nc2c(cc1C(=O)O)CC(C)CC2. The number of rotatable bonds is 2. The van der Waals surface area contributed by atoms with E-state index in [1.807, 2.05) is 13.0 Å². The highest BCUT2D eigenvalue weighted by atomic mass is 16.4. The van der Waals surface area contributed by atoms with Gasteiger partial charge in [-0.1, -0.05) is 13.8 Å². The molecule has 16 heavy (non-hydrogen) atoms. The van der Waals surface area contributed by atoms with E-state index in [1.54, 1.807) is 0 Å². The fraction of sp³-hybridized carbons (Fsp3) is 0.538. The summed E-state index contributed by atoms with van der Waals surface area (Å²) in [5.74, 6) is -0.214. The summed E-state index contributed by atoms with van der Waals surface area (Å²) in [4.78, 5) is 15.6. The Labute approximate surface area is 95.5 Å². The second-order valence-electron chi connectivity index (χ2n) is 4.60. The average molecular weight is 219 g/mol. The highest BCUT2D eigenvalue weighted by molar-refractivity contribution is 5.89. The van der Waals surface area contributed by atoms with Gasteiger partial charge in [0.1, 0.15) is 0 Å². The zero-order valence-electron chi connectivity index (χ0n) is 9.79. The number of carbonyl (C=O) groups is 1. The van der Waals surface area contributed by atoms with Crippen molar-refractivity contribution in [2.45, 2.75) is 39.5 Å². The molecule has 1 aromatic heterocycles. The van der Waals surface area contributed by atoms with Gasteiger partial charge in [-0.15, -0.1) is 0 Å². The molecule has 2 rings (SSSR count). The number of carboxylic acid groups (broad SMARTS) is 1. The van der Waals surface area contributed by atoms with Gasteiger partial charge in [0.05, 0.1) is 11.3 Å². The van der Waals surface area contributed by atoms with Gasteiger partial charge in [-0.2, -0.15) is 0 Å². The minimum Gasteiger partial charge on any atom is -0.478 e. The lowest BCUT2D eigenvalue weighted by molar-refractivity contribution is 0.0695. The Kier molecular flexibility index (Phi) is 2.95. The topological polar surface area (TPSA) is 50.2 Å².